The summed E-state index contributed by atoms with van der Waals surface area (Å²) < 4.78 is 0. The van der Waals surface area contributed by atoms with Gasteiger partial charge in [-0.2, -0.15) is 0 Å². The first-order valence-corrected chi connectivity index (χ1v) is 5.22. The summed E-state index contributed by atoms with van der Waals surface area (Å²) in [5.41, 5.74) is 2.02. The lowest BCUT2D eigenvalue weighted by Gasteiger charge is -2.25. The predicted octanol–water partition coefficient (Wildman–Crippen LogP) is 3.05. The van der Waals surface area contributed by atoms with Crippen LogP contribution in [0.15, 0.2) is 35.3 Å². The van der Waals surface area contributed by atoms with E-state index in [4.69, 9.17) is 0 Å². The van der Waals surface area contributed by atoms with E-state index in [1.54, 1.807) is 6.07 Å². The van der Waals surface area contributed by atoms with Crippen molar-refractivity contribution in [2.45, 2.75) is 6.92 Å². The van der Waals surface area contributed by atoms with Crippen molar-refractivity contribution in [3.63, 3.8) is 0 Å². The molecule has 0 atom stereocenters. The molecule has 2 aromatic carbocycles. The van der Waals surface area contributed by atoms with Gasteiger partial charge in [0.1, 0.15) is 11.6 Å². The van der Waals surface area contributed by atoms with Gasteiger partial charge in [0.25, 0.3) is 0 Å². The van der Waals surface area contributed by atoms with Crippen molar-refractivity contribution in [3.8, 4) is 5.75 Å². The highest BCUT2D eigenvalue weighted by Crippen LogP contribution is 2.41. The van der Waals surface area contributed by atoms with E-state index < -0.39 is 0 Å². The van der Waals surface area contributed by atoms with Crippen LogP contribution in [0.25, 0.3) is 10.8 Å². The Hall–Kier alpha value is -2.03. The van der Waals surface area contributed by atoms with Gasteiger partial charge in [-0.15, -0.1) is 0 Å². The standard InChI is InChI=1S/C13H12N2O/c1-8-14-10-5-3-4-9-12(16)7-6-11(13(9)10)15(8)2/h3-7,16H,1-2H3. The summed E-state index contributed by atoms with van der Waals surface area (Å²) in [6.07, 6.45) is 0. The zero-order valence-electron chi connectivity index (χ0n) is 9.23. The molecule has 3 nitrogen and oxygen atoms in total. The van der Waals surface area contributed by atoms with Crippen molar-refractivity contribution < 1.29 is 5.11 Å². The van der Waals surface area contributed by atoms with Crippen LogP contribution >= 0.6 is 0 Å². The zero-order valence-corrected chi connectivity index (χ0v) is 9.23. The molecule has 1 N–H and O–H groups in total. The van der Waals surface area contributed by atoms with Crippen molar-refractivity contribution in [2.75, 3.05) is 11.9 Å². The van der Waals surface area contributed by atoms with Crippen molar-refractivity contribution >= 4 is 28.0 Å². The van der Waals surface area contributed by atoms with E-state index in [1.165, 1.54) is 0 Å². The van der Waals surface area contributed by atoms with Gasteiger partial charge in [0.2, 0.25) is 0 Å². The van der Waals surface area contributed by atoms with Crippen LogP contribution in [0, 0.1) is 0 Å². The Balaban J connectivity index is 2.51. The van der Waals surface area contributed by atoms with E-state index >= 15 is 0 Å². The minimum Gasteiger partial charge on any atom is -0.507 e. The molecule has 0 aliphatic carbocycles. The van der Waals surface area contributed by atoms with E-state index in [0.29, 0.717) is 5.75 Å². The van der Waals surface area contributed by atoms with Crippen LogP contribution in [0.2, 0.25) is 0 Å². The van der Waals surface area contributed by atoms with Crippen LogP contribution in [0.4, 0.5) is 11.4 Å². The van der Waals surface area contributed by atoms with Crippen molar-refractivity contribution in [1.82, 2.24) is 0 Å². The molecule has 3 rings (SSSR count). The smallest absolute Gasteiger partial charge is 0.123 e. The molecule has 0 saturated heterocycles. The van der Waals surface area contributed by atoms with Crippen molar-refractivity contribution in [1.29, 1.82) is 0 Å². The number of rotatable bonds is 0. The summed E-state index contributed by atoms with van der Waals surface area (Å²) >= 11 is 0. The second-order valence-corrected chi connectivity index (χ2v) is 4.02. The number of benzene rings is 2. The number of hydrogen-bond acceptors (Lipinski definition) is 3. The second-order valence-electron chi connectivity index (χ2n) is 4.02. The topological polar surface area (TPSA) is 35.8 Å². The fourth-order valence-corrected chi connectivity index (χ4v) is 2.15. The Morgan fingerprint density at radius 1 is 1.19 bits per heavy atom. The van der Waals surface area contributed by atoms with Crippen LogP contribution in [-0.2, 0) is 0 Å². The lowest BCUT2D eigenvalue weighted by atomic mass is 10.0. The highest BCUT2D eigenvalue weighted by molar-refractivity contribution is 6.15. The number of anilines is 1. The Morgan fingerprint density at radius 2 is 2.00 bits per heavy atom. The Morgan fingerprint density at radius 3 is 2.81 bits per heavy atom. The molecule has 0 bridgehead atoms. The molecule has 16 heavy (non-hydrogen) atoms. The monoisotopic (exact) mass is 212 g/mol. The zero-order chi connectivity index (χ0) is 11.3. The molecular weight excluding hydrogens is 200 g/mol. The lowest BCUT2D eigenvalue weighted by Crippen LogP contribution is -2.25. The van der Waals surface area contributed by atoms with Crippen LogP contribution in [0.5, 0.6) is 5.75 Å². The predicted molar refractivity (Wildman–Crippen MR) is 66.8 cm³/mol. The first-order valence-electron chi connectivity index (χ1n) is 5.22. The summed E-state index contributed by atoms with van der Waals surface area (Å²) in [4.78, 5) is 6.55. The Kier molecular flexibility index (Phi) is 1.72. The lowest BCUT2D eigenvalue weighted by molar-refractivity contribution is 0.481. The molecule has 0 radical (unpaired) electrons. The summed E-state index contributed by atoms with van der Waals surface area (Å²) in [6, 6.07) is 9.47. The molecule has 2 aromatic rings. The number of aliphatic imine (C=N–C) groups is 1. The van der Waals surface area contributed by atoms with Crippen LogP contribution in [-0.4, -0.2) is 18.0 Å². The number of phenolic OH excluding ortho intramolecular Hbond substituents is 1. The van der Waals surface area contributed by atoms with E-state index in [0.717, 1.165) is 28.0 Å². The first-order chi connectivity index (χ1) is 7.68. The van der Waals surface area contributed by atoms with Crippen LogP contribution < -0.4 is 4.90 Å². The Labute approximate surface area is 93.7 Å². The number of phenols is 1. The van der Waals surface area contributed by atoms with Crippen LogP contribution in [0.1, 0.15) is 6.92 Å². The number of amidine groups is 1. The van der Waals surface area contributed by atoms with E-state index in [1.807, 2.05) is 43.1 Å². The molecule has 3 heteroatoms. The van der Waals surface area contributed by atoms with Crippen molar-refractivity contribution in [3.05, 3.63) is 30.3 Å². The molecule has 0 saturated carbocycles. The summed E-state index contributed by atoms with van der Waals surface area (Å²) in [5.74, 6) is 1.27. The molecular formula is C13H12N2O. The maximum atomic E-state index is 9.82. The number of aromatic hydroxyl groups is 1. The molecule has 1 aliphatic heterocycles. The number of hydrogen-bond donors (Lipinski definition) is 1. The minimum absolute atomic E-state index is 0.309. The largest absolute Gasteiger partial charge is 0.507 e. The van der Waals surface area contributed by atoms with Gasteiger partial charge in [-0.1, -0.05) is 12.1 Å². The third-order valence-corrected chi connectivity index (χ3v) is 3.10. The highest BCUT2D eigenvalue weighted by Gasteiger charge is 2.18. The molecule has 1 heterocycles. The average molecular weight is 212 g/mol. The summed E-state index contributed by atoms with van der Waals surface area (Å²) in [6.45, 7) is 1.98. The SMILES string of the molecule is CC1=Nc2cccc3c(O)ccc(c23)N1C. The van der Waals surface area contributed by atoms with Gasteiger partial charge in [-0.3, -0.25) is 0 Å². The van der Waals surface area contributed by atoms with Gasteiger partial charge in [0, 0.05) is 17.8 Å². The molecule has 0 amide bonds. The van der Waals surface area contributed by atoms with Gasteiger partial charge < -0.3 is 10.0 Å². The normalized spacial score (nSPS) is 14.1. The fourth-order valence-electron chi connectivity index (χ4n) is 2.15. The quantitative estimate of drug-likeness (QED) is 0.728. The average Bonchev–Trinajstić information content (AvgIpc) is 2.28. The third kappa shape index (κ3) is 1.05. The van der Waals surface area contributed by atoms with E-state index in [9.17, 15) is 5.11 Å². The summed E-state index contributed by atoms with van der Waals surface area (Å²) in [5, 5.41) is 11.7. The van der Waals surface area contributed by atoms with Gasteiger partial charge in [0.05, 0.1) is 11.4 Å². The van der Waals surface area contributed by atoms with Gasteiger partial charge in [-0.05, 0) is 25.1 Å². The van der Waals surface area contributed by atoms with Crippen LogP contribution in [0.3, 0.4) is 0 Å². The molecule has 0 unspecified atom stereocenters. The van der Waals surface area contributed by atoms with Crippen molar-refractivity contribution in [2.24, 2.45) is 4.99 Å². The summed E-state index contributed by atoms with van der Waals surface area (Å²) in [7, 11) is 1.99. The molecule has 0 spiro atoms. The van der Waals surface area contributed by atoms with E-state index in [2.05, 4.69) is 4.99 Å². The molecule has 0 aromatic heterocycles. The molecule has 0 fully saturated rings. The first kappa shape index (κ1) is 9.21. The fraction of sp³-hybridized carbons (Fsp3) is 0.154. The van der Waals surface area contributed by atoms with Gasteiger partial charge in [0.15, 0.2) is 0 Å². The Bertz CT molecular complexity index is 617. The third-order valence-electron chi connectivity index (χ3n) is 3.10. The van der Waals surface area contributed by atoms with Gasteiger partial charge >= 0.3 is 0 Å². The van der Waals surface area contributed by atoms with E-state index in [-0.39, 0.29) is 0 Å². The second kappa shape index (κ2) is 2.98. The maximum Gasteiger partial charge on any atom is 0.123 e. The molecule has 1 aliphatic rings. The molecule has 80 valence electrons. The highest BCUT2D eigenvalue weighted by atomic mass is 16.3. The number of nitrogens with zero attached hydrogens (tertiary/aromatic N) is 2. The maximum absolute atomic E-state index is 9.82. The minimum atomic E-state index is 0.309. The van der Waals surface area contributed by atoms with Gasteiger partial charge in [-0.25, -0.2) is 4.99 Å².